The van der Waals surface area contributed by atoms with E-state index in [1.807, 2.05) is 20.8 Å². The predicted molar refractivity (Wildman–Crippen MR) is 59.8 cm³/mol. The summed E-state index contributed by atoms with van der Waals surface area (Å²) in [4.78, 5) is 25.0. The third-order valence-corrected chi connectivity index (χ3v) is 3.31. The van der Waals surface area contributed by atoms with Crippen LogP contribution in [0.2, 0.25) is 0 Å². The number of aliphatic hydroxyl groups excluding tert-OH is 1. The highest BCUT2D eigenvalue weighted by atomic mass is 16.3. The van der Waals surface area contributed by atoms with Crippen LogP contribution in [0.5, 0.6) is 0 Å². The van der Waals surface area contributed by atoms with Crippen LogP contribution >= 0.6 is 0 Å². The number of imide groups is 1. The Morgan fingerprint density at radius 1 is 1.38 bits per heavy atom. The lowest BCUT2D eigenvalue weighted by molar-refractivity contribution is -0.134. The van der Waals surface area contributed by atoms with Crippen LogP contribution in [0.3, 0.4) is 0 Å². The Kier molecular flexibility index (Phi) is 3.28. The summed E-state index contributed by atoms with van der Waals surface area (Å²) in [7, 11) is 0. The molecule has 0 aromatic rings. The second-order valence-corrected chi connectivity index (χ2v) is 5.34. The van der Waals surface area contributed by atoms with Crippen LogP contribution in [0, 0.1) is 5.41 Å². The van der Waals surface area contributed by atoms with Crippen LogP contribution in [0.4, 0.5) is 4.79 Å². The number of carbonyl (C=O) groups is 2. The van der Waals surface area contributed by atoms with Gasteiger partial charge in [0.25, 0.3) is 5.91 Å². The monoisotopic (exact) mass is 228 g/mol. The molecule has 3 amide bonds. The van der Waals surface area contributed by atoms with E-state index in [0.717, 1.165) is 0 Å². The number of nitrogens with one attached hydrogen (secondary N) is 1. The van der Waals surface area contributed by atoms with Gasteiger partial charge in [-0.15, -0.1) is 0 Å². The number of hydrogen-bond acceptors (Lipinski definition) is 3. The van der Waals surface area contributed by atoms with Gasteiger partial charge in [-0.3, -0.25) is 9.69 Å². The minimum Gasteiger partial charge on any atom is -0.396 e. The third kappa shape index (κ3) is 1.91. The largest absolute Gasteiger partial charge is 0.396 e. The summed E-state index contributed by atoms with van der Waals surface area (Å²) in [6, 6.07) is -0.365. The predicted octanol–water partition coefficient (Wildman–Crippen LogP) is 0.725. The molecule has 5 nitrogen and oxygen atoms in total. The summed E-state index contributed by atoms with van der Waals surface area (Å²) >= 11 is 0. The van der Waals surface area contributed by atoms with Gasteiger partial charge in [-0.1, -0.05) is 20.8 Å². The molecular weight excluding hydrogens is 208 g/mol. The fourth-order valence-corrected chi connectivity index (χ4v) is 1.64. The molecule has 5 heteroatoms. The molecule has 1 unspecified atom stereocenters. The van der Waals surface area contributed by atoms with E-state index in [4.69, 9.17) is 5.11 Å². The van der Waals surface area contributed by atoms with Gasteiger partial charge >= 0.3 is 6.03 Å². The van der Waals surface area contributed by atoms with Crippen molar-refractivity contribution in [2.24, 2.45) is 5.41 Å². The van der Waals surface area contributed by atoms with Gasteiger partial charge in [0.05, 0.1) is 0 Å². The molecule has 0 aromatic heterocycles. The molecule has 1 aliphatic rings. The molecular formula is C11H20N2O3. The van der Waals surface area contributed by atoms with E-state index < -0.39 is 5.54 Å². The Bertz CT molecular complexity index is 309. The number of hydrogen-bond donors (Lipinski definition) is 2. The van der Waals surface area contributed by atoms with Crippen LogP contribution < -0.4 is 5.32 Å². The zero-order valence-corrected chi connectivity index (χ0v) is 10.3. The topological polar surface area (TPSA) is 69.6 Å². The van der Waals surface area contributed by atoms with Crippen molar-refractivity contribution in [2.45, 2.75) is 39.7 Å². The first-order valence-corrected chi connectivity index (χ1v) is 5.49. The van der Waals surface area contributed by atoms with Crippen molar-refractivity contribution >= 4 is 11.9 Å². The maximum Gasteiger partial charge on any atom is 0.325 e. The maximum absolute atomic E-state index is 12.2. The fraction of sp³-hybridized carbons (Fsp3) is 0.818. The average molecular weight is 228 g/mol. The first-order chi connectivity index (χ1) is 7.24. The number of aliphatic hydroxyl groups is 1. The Morgan fingerprint density at radius 2 is 1.94 bits per heavy atom. The van der Waals surface area contributed by atoms with Gasteiger partial charge in [0, 0.05) is 13.2 Å². The standard InChI is InChI=1S/C11H20N2O3/c1-10(2,3)11(4)8(15)13(6-5-7-14)9(16)12-11/h14H,5-7H2,1-4H3,(H,12,16). The first-order valence-electron chi connectivity index (χ1n) is 5.49. The maximum atomic E-state index is 12.2. The van der Waals surface area contributed by atoms with Crippen LogP contribution in [-0.2, 0) is 4.79 Å². The molecule has 0 spiro atoms. The molecule has 16 heavy (non-hydrogen) atoms. The van der Waals surface area contributed by atoms with Crippen molar-refractivity contribution in [3.05, 3.63) is 0 Å². The highest BCUT2D eigenvalue weighted by Crippen LogP contribution is 2.35. The molecule has 1 rings (SSSR count). The lowest BCUT2D eigenvalue weighted by atomic mass is 9.75. The Labute approximate surface area is 95.8 Å². The molecule has 0 aliphatic carbocycles. The van der Waals surface area contributed by atoms with Gasteiger partial charge < -0.3 is 10.4 Å². The molecule has 0 bridgehead atoms. The molecule has 92 valence electrons. The number of rotatable bonds is 3. The van der Waals surface area contributed by atoms with Gasteiger partial charge in [0.1, 0.15) is 5.54 Å². The summed E-state index contributed by atoms with van der Waals surface area (Å²) in [6.45, 7) is 7.74. The molecule has 1 heterocycles. The molecule has 1 aliphatic heterocycles. The van der Waals surface area contributed by atoms with Gasteiger partial charge in [-0.05, 0) is 18.8 Å². The van der Waals surface area contributed by atoms with Crippen molar-refractivity contribution in [1.82, 2.24) is 10.2 Å². The SMILES string of the molecule is CC(C)(C)C1(C)NC(=O)N(CCCO)C1=O. The van der Waals surface area contributed by atoms with Crippen LogP contribution in [-0.4, -0.2) is 40.6 Å². The lowest BCUT2D eigenvalue weighted by Gasteiger charge is -2.35. The summed E-state index contributed by atoms with van der Waals surface area (Å²) in [5.74, 6) is -0.210. The van der Waals surface area contributed by atoms with Crippen molar-refractivity contribution in [3.63, 3.8) is 0 Å². The van der Waals surface area contributed by atoms with Gasteiger partial charge in [0.15, 0.2) is 0 Å². The average Bonchev–Trinajstić information content (AvgIpc) is 2.36. The van der Waals surface area contributed by atoms with E-state index in [-0.39, 0.29) is 30.5 Å². The Hall–Kier alpha value is -1.10. The summed E-state index contributed by atoms with van der Waals surface area (Å²) < 4.78 is 0. The number of urea groups is 1. The van der Waals surface area contributed by atoms with Crippen molar-refractivity contribution in [2.75, 3.05) is 13.2 Å². The molecule has 1 fully saturated rings. The summed E-state index contributed by atoms with van der Waals surface area (Å²) in [5, 5.41) is 11.5. The van der Waals surface area contributed by atoms with E-state index in [1.54, 1.807) is 6.92 Å². The van der Waals surface area contributed by atoms with E-state index >= 15 is 0 Å². The summed E-state index contributed by atoms with van der Waals surface area (Å²) in [6.07, 6.45) is 0.416. The highest BCUT2D eigenvalue weighted by molar-refractivity contribution is 6.07. The van der Waals surface area contributed by atoms with Crippen LogP contribution in [0.1, 0.15) is 34.1 Å². The van der Waals surface area contributed by atoms with Crippen molar-refractivity contribution in [3.8, 4) is 0 Å². The van der Waals surface area contributed by atoms with E-state index in [0.29, 0.717) is 6.42 Å². The quantitative estimate of drug-likeness (QED) is 0.699. The molecule has 0 radical (unpaired) electrons. The van der Waals surface area contributed by atoms with E-state index in [2.05, 4.69) is 5.32 Å². The Balaban J connectivity index is 2.90. The number of carbonyl (C=O) groups excluding carboxylic acids is 2. The third-order valence-electron chi connectivity index (χ3n) is 3.31. The van der Waals surface area contributed by atoms with Gasteiger partial charge in [-0.2, -0.15) is 0 Å². The Morgan fingerprint density at radius 3 is 2.31 bits per heavy atom. The number of amides is 3. The van der Waals surface area contributed by atoms with Crippen LogP contribution in [0.15, 0.2) is 0 Å². The molecule has 1 atom stereocenters. The smallest absolute Gasteiger partial charge is 0.325 e. The second kappa shape index (κ2) is 4.05. The van der Waals surface area contributed by atoms with Gasteiger partial charge in [0.2, 0.25) is 0 Å². The van der Waals surface area contributed by atoms with E-state index in [1.165, 1.54) is 4.90 Å². The lowest BCUT2D eigenvalue weighted by Crippen LogP contribution is -2.54. The normalized spacial score (nSPS) is 26.2. The zero-order valence-electron chi connectivity index (χ0n) is 10.3. The summed E-state index contributed by atoms with van der Waals surface area (Å²) in [5.41, 5.74) is -1.20. The molecule has 0 saturated carbocycles. The molecule has 2 N–H and O–H groups in total. The molecule has 0 aromatic carbocycles. The van der Waals surface area contributed by atoms with Crippen LogP contribution in [0.25, 0.3) is 0 Å². The first kappa shape index (κ1) is 13.0. The fourth-order valence-electron chi connectivity index (χ4n) is 1.64. The second-order valence-electron chi connectivity index (χ2n) is 5.34. The minimum atomic E-state index is -0.862. The molecule has 1 saturated heterocycles. The van der Waals surface area contributed by atoms with E-state index in [9.17, 15) is 9.59 Å². The van der Waals surface area contributed by atoms with Crippen molar-refractivity contribution < 1.29 is 14.7 Å². The number of nitrogens with zero attached hydrogens (tertiary/aromatic N) is 1. The van der Waals surface area contributed by atoms with Crippen molar-refractivity contribution in [1.29, 1.82) is 0 Å². The van der Waals surface area contributed by atoms with Gasteiger partial charge in [-0.25, -0.2) is 4.79 Å². The minimum absolute atomic E-state index is 0.0245. The highest BCUT2D eigenvalue weighted by Gasteiger charge is 2.54. The zero-order chi connectivity index (χ0) is 12.6.